The number of pyridine rings is 2. The summed E-state index contributed by atoms with van der Waals surface area (Å²) in [6, 6.07) is 8.96. The van der Waals surface area contributed by atoms with Gasteiger partial charge in [-0.2, -0.15) is 0 Å². The largest absolute Gasteiger partial charge is 0.260 e. The summed E-state index contributed by atoms with van der Waals surface area (Å²) in [4.78, 5) is 9.79. The minimum Gasteiger partial charge on any atom is -0.260 e. The van der Waals surface area contributed by atoms with Gasteiger partial charge in [0.1, 0.15) is 0 Å². The van der Waals surface area contributed by atoms with E-state index >= 15 is 0 Å². The lowest BCUT2D eigenvalue weighted by Crippen LogP contribution is -2.44. The van der Waals surface area contributed by atoms with E-state index in [1.165, 1.54) is 11.1 Å². The molecule has 6 rings (SSSR count). The Bertz CT molecular complexity index is 614. The zero-order valence-corrected chi connectivity index (χ0v) is 16.4. The molecule has 128 valence electrons. The van der Waals surface area contributed by atoms with Crippen molar-refractivity contribution >= 4 is 0 Å². The predicted molar refractivity (Wildman–Crippen MR) is 101 cm³/mol. The molecule has 0 saturated carbocycles. The molecule has 0 fully saturated rings. The summed E-state index contributed by atoms with van der Waals surface area (Å²) < 4.78 is 0. The summed E-state index contributed by atoms with van der Waals surface area (Å²) in [5.74, 6) is 0. The third-order valence-electron chi connectivity index (χ3n) is 7.38. The lowest BCUT2D eigenvalue weighted by atomic mass is 9.60. The van der Waals surface area contributed by atoms with Crippen LogP contribution >= 0.6 is 0 Å². The number of rotatable bonds is 0. The Morgan fingerprint density at radius 1 is 0.500 bits per heavy atom. The van der Waals surface area contributed by atoms with Gasteiger partial charge in [-0.3, -0.25) is 9.97 Å². The van der Waals surface area contributed by atoms with E-state index in [1.54, 1.807) is 0 Å². The molecule has 0 spiro atoms. The normalized spacial score (nSPS) is 22.7. The SMILES string of the molecule is CC1(C)c2ccc(nc2)C(C)(C)C(C)(C)c2ccc(nc2)C1(C)C. The Morgan fingerprint density at radius 2 is 0.833 bits per heavy atom. The lowest BCUT2D eigenvalue weighted by molar-refractivity contribution is 0.280. The van der Waals surface area contributed by atoms with Crippen LogP contribution < -0.4 is 0 Å². The van der Waals surface area contributed by atoms with Crippen LogP contribution in [0.5, 0.6) is 0 Å². The zero-order valence-electron chi connectivity index (χ0n) is 16.4. The highest BCUT2D eigenvalue weighted by Crippen LogP contribution is 2.47. The first kappa shape index (κ1) is 17.1. The van der Waals surface area contributed by atoms with Gasteiger partial charge in [-0.25, -0.2) is 0 Å². The molecular weight excluding hydrogens is 292 g/mol. The van der Waals surface area contributed by atoms with Crippen molar-refractivity contribution in [2.45, 2.75) is 77.0 Å². The molecule has 0 atom stereocenters. The van der Waals surface area contributed by atoms with E-state index in [0.717, 1.165) is 11.4 Å². The van der Waals surface area contributed by atoms with Crippen LogP contribution in [0.25, 0.3) is 0 Å². The van der Waals surface area contributed by atoms with Crippen LogP contribution in [0, 0.1) is 0 Å². The number of nitrogens with zero attached hydrogens (tertiary/aromatic N) is 2. The van der Waals surface area contributed by atoms with E-state index in [0.29, 0.717) is 0 Å². The number of aromatic nitrogens is 2. The molecule has 24 heavy (non-hydrogen) atoms. The smallest absolute Gasteiger partial charge is 0.0468 e. The van der Waals surface area contributed by atoms with Crippen molar-refractivity contribution in [3.05, 3.63) is 59.2 Å². The first-order valence-electron chi connectivity index (χ1n) is 8.86. The molecular formula is C22H30N2. The second-order valence-electron chi connectivity index (χ2n) is 9.36. The van der Waals surface area contributed by atoms with Crippen molar-refractivity contribution in [3.8, 4) is 0 Å². The molecule has 2 heteroatoms. The van der Waals surface area contributed by atoms with Crippen molar-refractivity contribution in [2.24, 2.45) is 0 Å². The van der Waals surface area contributed by atoms with Crippen molar-refractivity contribution in [2.75, 3.05) is 0 Å². The fraction of sp³-hybridized carbons (Fsp3) is 0.545. The van der Waals surface area contributed by atoms with Gasteiger partial charge in [0.15, 0.2) is 0 Å². The predicted octanol–water partition coefficient (Wildman–Crippen LogP) is 5.30. The fourth-order valence-corrected chi connectivity index (χ4v) is 3.63. The van der Waals surface area contributed by atoms with E-state index < -0.39 is 0 Å². The fourth-order valence-electron chi connectivity index (χ4n) is 3.63. The molecule has 4 bridgehead atoms. The van der Waals surface area contributed by atoms with Gasteiger partial charge in [-0.1, -0.05) is 67.5 Å². The Labute approximate surface area is 146 Å². The van der Waals surface area contributed by atoms with Crippen LogP contribution in [0.3, 0.4) is 0 Å². The van der Waals surface area contributed by atoms with Gasteiger partial charge in [0.05, 0.1) is 0 Å². The van der Waals surface area contributed by atoms with Crippen LogP contribution in [0.1, 0.15) is 77.9 Å². The van der Waals surface area contributed by atoms with Crippen LogP contribution in [-0.2, 0) is 21.7 Å². The highest BCUT2D eigenvalue weighted by molar-refractivity contribution is 5.39. The van der Waals surface area contributed by atoms with Crippen LogP contribution in [0.2, 0.25) is 0 Å². The Morgan fingerprint density at radius 3 is 1.08 bits per heavy atom. The zero-order chi connectivity index (χ0) is 18.0. The molecule has 2 aromatic rings. The minimum atomic E-state index is -0.0897. The lowest BCUT2D eigenvalue weighted by Gasteiger charge is -2.45. The van der Waals surface area contributed by atoms with Crippen molar-refractivity contribution in [1.82, 2.24) is 9.97 Å². The first-order valence-corrected chi connectivity index (χ1v) is 8.86. The molecule has 2 nitrogen and oxygen atoms in total. The molecule has 0 amide bonds. The second kappa shape index (κ2) is 4.91. The molecule has 1 aliphatic carbocycles. The molecule has 0 saturated heterocycles. The summed E-state index contributed by atoms with van der Waals surface area (Å²) in [6.07, 6.45) is 4.14. The Balaban J connectivity index is 2.36. The molecule has 0 N–H and O–H groups in total. The summed E-state index contributed by atoms with van der Waals surface area (Å²) >= 11 is 0. The highest BCUT2D eigenvalue weighted by atomic mass is 14.8. The van der Waals surface area contributed by atoms with Gasteiger partial charge in [-0.05, 0) is 23.3 Å². The summed E-state index contributed by atoms with van der Waals surface area (Å²) in [5.41, 5.74) is 4.48. The Hall–Kier alpha value is -1.70. The first-order chi connectivity index (χ1) is 10.9. The quantitative estimate of drug-likeness (QED) is 0.657. The molecule has 4 aliphatic rings. The highest BCUT2D eigenvalue weighted by Gasteiger charge is 2.44. The second-order valence-corrected chi connectivity index (χ2v) is 9.36. The maximum absolute atomic E-state index is 4.90. The topological polar surface area (TPSA) is 25.8 Å². The number of hydrogen-bond donors (Lipinski definition) is 0. The van der Waals surface area contributed by atoms with Gasteiger partial charge in [-0.15, -0.1) is 0 Å². The molecule has 0 aromatic carbocycles. The van der Waals surface area contributed by atoms with E-state index in [2.05, 4.69) is 92.0 Å². The molecule has 0 unspecified atom stereocenters. The third-order valence-corrected chi connectivity index (χ3v) is 7.38. The van der Waals surface area contributed by atoms with E-state index in [-0.39, 0.29) is 21.7 Å². The molecule has 2 aromatic heterocycles. The van der Waals surface area contributed by atoms with Crippen molar-refractivity contribution < 1.29 is 0 Å². The maximum atomic E-state index is 4.90. The molecule has 3 aliphatic heterocycles. The van der Waals surface area contributed by atoms with Gasteiger partial charge in [0, 0.05) is 45.4 Å². The average molecular weight is 322 g/mol. The Kier molecular flexibility index (Phi) is 3.50. The van der Waals surface area contributed by atoms with Crippen LogP contribution in [0.4, 0.5) is 0 Å². The monoisotopic (exact) mass is 322 g/mol. The van der Waals surface area contributed by atoms with E-state index in [1.807, 2.05) is 0 Å². The third kappa shape index (κ3) is 2.08. The molecule has 5 heterocycles. The van der Waals surface area contributed by atoms with Crippen LogP contribution in [-0.4, -0.2) is 9.97 Å². The molecule has 0 radical (unpaired) electrons. The van der Waals surface area contributed by atoms with Gasteiger partial charge >= 0.3 is 0 Å². The summed E-state index contributed by atoms with van der Waals surface area (Å²) in [7, 11) is 0. The van der Waals surface area contributed by atoms with E-state index in [9.17, 15) is 0 Å². The van der Waals surface area contributed by atoms with E-state index in [4.69, 9.17) is 9.97 Å². The maximum Gasteiger partial charge on any atom is 0.0468 e. The van der Waals surface area contributed by atoms with Gasteiger partial charge in [0.2, 0.25) is 0 Å². The van der Waals surface area contributed by atoms with Gasteiger partial charge in [0.25, 0.3) is 0 Å². The van der Waals surface area contributed by atoms with Crippen molar-refractivity contribution in [3.63, 3.8) is 0 Å². The minimum absolute atomic E-state index is 0.0636. The van der Waals surface area contributed by atoms with Crippen LogP contribution in [0.15, 0.2) is 36.7 Å². The summed E-state index contributed by atoms with van der Waals surface area (Å²) in [5, 5.41) is 0. The summed E-state index contributed by atoms with van der Waals surface area (Å²) in [6.45, 7) is 18.3. The van der Waals surface area contributed by atoms with Gasteiger partial charge < -0.3 is 0 Å². The number of hydrogen-bond acceptors (Lipinski definition) is 2. The average Bonchev–Trinajstić information content (AvgIpc) is 2.54. The van der Waals surface area contributed by atoms with Crippen molar-refractivity contribution in [1.29, 1.82) is 0 Å². The standard InChI is InChI=1S/C22H30N2/c1-19(2)15-9-11-18(23-13-15)22(7,8)20(3,4)16-10-12-17(24-14-16)21(19,5)6/h9-14H,1-8H3.